The molecule has 0 unspecified atom stereocenters. The van der Waals surface area contributed by atoms with Gasteiger partial charge in [0.05, 0.1) is 0 Å². The van der Waals surface area contributed by atoms with E-state index in [2.05, 4.69) is 154 Å². The van der Waals surface area contributed by atoms with Crippen molar-refractivity contribution in [3.05, 3.63) is 139 Å². The van der Waals surface area contributed by atoms with Gasteiger partial charge in [-0.3, -0.25) is 0 Å². The number of aromatic nitrogens is 4. The molecule has 0 aliphatic rings. The minimum absolute atomic E-state index is 0.638. The Hall–Kier alpha value is -4.73. The number of hydrogen-bond donors (Lipinski definition) is 0. The van der Waals surface area contributed by atoms with Crippen LogP contribution in [0.5, 0.6) is 0 Å². The van der Waals surface area contributed by atoms with E-state index in [-0.39, 0.29) is 0 Å². The Morgan fingerprint density at radius 2 is 1.21 bits per heavy atom. The predicted molar refractivity (Wildman–Crippen MR) is 182 cm³/mol. The van der Waals surface area contributed by atoms with Crippen LogP contribution in [0.1, 0.15) is 5.56 Å². The Morgan fingerprint density at radius 1 is 0.558 bits per heavy atom. The number of fused-ring (bicyclic) bond motifs is 8. The molecule has 0 aliphatic carbocycles. The molecule has 9 rings (SSSR count). The van der Waals surface area contributed by atoms with Crippen molar-refractivity contribution < 1.29 is 0 Å². The molecule has 4 aromatic heterocycles. The van der Waals surface area contributed by atoms with Crippen LogP contribution in [0.15, 0.2) is 133 Å². The van der Waals surface area contributed by atoms with Crippen LogP contribution < -0.4 is 3.40 Å². The first-order valence-electron chi connectivity index (χ1n) is 14.5. The Morgan fingerprint density at radius 3 is 1.95 bits per heavy atom. The zero-order valence-electron chi connectivity index (χ0n) is 23.6. The molecule has 0 bridgehead atoms. The van der Waals surface area contributed by atoms with Crippen LogP contribution in [0.25, 0.3) is 72.0 Å². The molecule has 204 valence electrons. The second-order valence-corrected chi connectivity index (χ2v) is 13.5. The topological polar surface area (TPSA) is 27.2 Å². The van der Waals surface area contributed by atoms with Gasteiger partial charge in [-0.15, -0.1) is 0 Å². The van der Waals surface area contributed by atoms with Crippen molar-refractivity contribution in [3.8, 4) is 22.6 Å². The van der Waals surface area contributed by atoms with Gasteiger partial charge in [-0.2, -0.15) is 0 Å². The number of rotatable bonds is 3. The van der Waals surface area contributed by atoms with Gasteiger partial charge in [0.15, 0.2) is 0 Å². The second-order valence-electron chi connectivity index (χ2n) is 11.2. The molecule has 43 heavy (non-hydrogen) atoms. The fourth-order valence-electron chi connectivity index (χ4n) is 6.92. The van der Waals surface area contributed by atoms with E-state index in [1.165, 1.54) is 52.7 Å². The van der Waals surface area contributed by atoms with Gasteiger partial charge >= 0.3 is 265 Å². The van der Waals surface area contributed by atoms with Gasteiger partial charge in [0.25, 0.3) is 0 Å². The molecule has 4 heterocycles. The van der Waals surface area contributed by atoms with Gasteiger partial charge in [-0.25, -0.2) is 0 Å². The van der Waals surface area contributed by atoms with Crippen molar-refractivity contribution in [2.75, 3.05) is 0 Å². The molecule has 0 aliphatic heterocycles. The Balaban J connectivity index is 1.63. The number of benzene rings is 5. The van der Waals surface area contributed by atoms with Crippen LogP contribution in [0, 0.1) is 6.92 Å². The number of para-hydroxylation sites is 4. The van der Waals surface area contributed by atoms with Crippen molar-refractivity contribution in [1.82, 2.24) is 18.5 Å². The molecule has 0 amide bonds. The second kappa shape index (κ2) is 9.39. The van der Waals surface area contributed by atoms with Crippen LogP contribution in [-0.4, -0.2) is 43.2 Å². The van der Waals surface area contributed by atoms with Crippen molar-refractivity contribution >= 4 is 77.5 Å². The molecule has 4 nitrogen and oxygen atoms in total. The molecule has 5 heteroatoms. The number of pyridine rings is 1. The molecule has 0 atom stereocenters. The molecule has 0 saturated carbocycles. The van der Waals surface area contributed by atoms with E-state index in [1.54, 1.807) is 0 Å². The normalized spacial score (nSPS) is 12.0. The summed E-state index contributed by atoms with van der Waals surface area (Å²) in [5.74, 6) is 0. The average molecular weight is 749 g/mol. The quantitative estimate of drug-likeness (QED) is 0.170. The molecule has 0 N–H and O–H groups in total. The van der Waals surface area contributed by atoms with Crippen molar-refractivity contribution in [2.45, 2.75) is 6.92 Å². The number of nitrogens with zero attached hydrogens (tertiary/aromatic N) is 4. The van der Waals surface area contributed by atoms with Gasteiger partial charge in [0.1, 0.15) is 0 Å². The molecular weight excluding hydrogens is 721 g/mol. The van der Waals surface area contributed by atoms with Crippen molar-refractivity contribution in [3.63, 3.8) is 0 Å². The van der Waals surface area contributed by atoms with Gasteiger partial charge in [0, 0.05) is 0 Å². The zero-order valence-corrected chi connectivity index (χ0v) is 28.1. The molecule has 0 radical (unpaired) electrons. The van der Waals surface area contributed by atoms with Crippen molar-refractivity contribution in [1.29, 1.82) is 0 Å². The summed E-state index contributed by atoms with van der Waals surface area (Å²) in [6.45, 7) is 2.19. The van der Waals surface area contributed by atoms with E-state index in [9.17, 15) is 0 Å². The Bertz CT molecular complexity index is 2500. The SMILES string of the molecule is Cc1c[c]([BiH2])nc(-c2c3c(cc4c2n(-c2ccccc2)c2cc5ccccc5n42)c2ccccc2n3-c2ccccc2)c1. The van der Waals surface area contributed by atoms with E-state index < -0.39 is 0 Å². The van der Waals surface area contributed by atoms with Gasteiger partial charge < -0.3 is 0 Å². The summed E-state index contributed by atoms with van der Waals surface area (Å²) in [5.41, 5.74) is 12.8. The first-order chi connectivity index (χ1) is 21.2. The van der Waals surface area contributed by atoms with E-state index in [0.717, 1.165) is 28.3 Å². The van der Waals surface area contributed by atoms with Gasteiger partial charge in [-0.1, -0.05) is 0 Å². The minimum atomic E-state index is 0.638. The standard InChI is InChI=1S/C38H25N4.Bi.2H/c1-25-20-21-39-31(22-25)36-37-30(29-17-9-11-19-33(29)40(37)27-13-4-2-5-14-27)24-34-38(36)41(28-15-6-3-7-16-28)35-23-26-12-8-10-18-32(26)42(34)35;;;/h2-20,22-24H,1H3;;;. The third-order valence-corrected chi connectivity index (χ3v) is 9.72. The molecule has 5 aromatic carbocycles. The number of hydrogen-bond acceptors (Lipinski definition) is 1. The Kier molecular flexibility index (Phi) is 5.42. The van der Waals surface area contributed by atoms with Crippen molar-refractivity contribution in [2.24, 2.45) is 0 Å². The third kappa shape index (κ3) is 3.61. The van der Waals surface area contributed by atoms with E-state index >= 15 is 0 Å². The number of aryl methyl sites for hydroxylation is 1. The molecular formula is C38H27BiN4. The predicted octanol–water partition coefficient (Wildman–Crippen LogP) is 7.76. The van der Waals surface area contributed by atoms with Crippen LogP contribution in [0.3, 0.4) is 0 Å². The van der Waals surface area contributed by atoms with Gasteiger partial charge in [0.2, 0.25) is 0 Å². The average Bonchev–Trinajstić information content (AvgIpc) is 3.67. The third-order valence-electron chi connectivity index (χ3n) is 8.57. The fourth-order valence-corrected chi connectivity index (χ4v) is 8.48. The molecule has 0 saturated heterocycles. The summed E-state index contributed by atoms with van der Waals surface area (Å²) in [7, 11) is 0. The summed E-state index contributed by atoms with van der Waals surface area (Å²) >= 11 is 0.638. The first kappa shape index (κ1) is 24.8. The van der Waals surface area contributed by atoms with Gasteiger partial charge in [-0.05, 0) is 0 Å². The first-order valence-corrected chi connectivity index (χ1v) is 16.8. The van der Waals surface area contributed by atoms with E-state index in [1.807, 2.05) is 0 Å². The zero-order chi connectivity index (χ0) is 28.7. The maximum atomic E-state index is 5.30. The monoisotopic (exact) mass is 748 g/mol. The maximum absolute atomic E-state index is 5.30. The molecule has 0 fully saturated rings. The summed E-state index contributed by atoms with van der Waals surface area (Å²) in [5, 5.41) is 3.70. The molecule has 0 spiro atoms. The number of imidazole rings is 1. The summed E-state index contributed by atoms with van der Waals surface area (Å²) in [6.07, 6.45) is 0. The van der Waals surface area contributed by atoms with Crippen LogP contribution in [0.4, 0.5) is 0 Å². The summed E-state index contributed by atoms with van der Waals surface area (Å²) < 4.78 is 8.50. The van der Waals surface area contributed by atoms with E-state index in [4.69, 9.17) is 4.98 Å². The fraction of sp³-hybridized carbons (Fsp3) is 0.0263. The van der Waals surface area contributed by atoms with Crippen LogP contribution >= 0.6 is 0 Å². The summed E-state index contributed by atoms with van der Waals surface area (Å²) in [6, 6.07) is 48.2. The summed E-state index contributed by atoms with van der Waals surface area (Å²) in [4.78, 5) is 5.30. The molecule has 9 aromatic rings. The van der Waals surface area contributed by atoms with E-state index in [0.29, 0.717) is 24.7 Å². The Labute approximate surface area is 263 Å². The van der Waals surface area contributed by atoms with Crippen LogP contribution in [-0.2, 0) is 0 Å². The van der Waals surface area contributed by atoms with Crippen LogP contribution in [0.2, 0.25) is 0 Å².